The number of anilines is 1. The Morgan fingerprint density at radius 3 is 2.42 bits per heavy atom. The summed E-state index contributed by atoms with van der Waals surface area (Å²) < 4.78 is 16.8. The zero-order valence-electron chi connectivity index (χ0n) is 20.7. The lowest BCUT2D eigenvalue weighted by Gasteiger charge is -2.24. The Morgan fingerprint density at radius 2 is 1.76 bits per heavy atom. The van der Waals surface area contributed by atoms with Crippen molar-refractivity contribution in [2.75, 3.05) is 12.0 Å². The van der Waals surface area contributed by atoms with Crippen molar-refractivity contribution in [1.29, 1.82) is 0 Å². The predicted molar refractivity (Wildman–Crippen MR) is 143 cm³/mol. The summed E-state index contributed by atoms with van der Waals surface area (Å²) in [5.41, 5.74) is 2.43. The molecule has 0 saturated carbocycles. The molecule has 1 N–H and O–H groups in total. The lowest BCUT2D eigenvalue weighted by molar-refractivity contribution is -0.132. The molecule has 4 aromatic rings. The fourth-order valence-corrected chi connectivity index (χ4v) is 4.72. The number of aliphatic hydroxyl groups is 1. The fraction of sp³-hybridized carbons (Fsp3) is 0.133. The molecule has 1 aliphatic rings. The molecular weight excluding hydrogens is 506 g/mol. The fourth-order valence-electron chi connectivity index (χ4n) is 4.47. The van der Waals surface area contributed by atoms with Gasteiger partial charge in [-0.1, -0.05) is 41.9 Å². The van der Waals surface area contributed by atoms with Gasteiger partial charge in [0.05, 0.1) is 24.0 Å². The zero-order chi connectivity index (χ0) is 26.8. The second kappa shape index (κ2) is 10.5. The van der Waals surface area contributed by atoms with Crippen LogP contribution < -0.4 is 14.4 Å². The molecule has 1 fully saturated rings. The van der Waals surface area contributed by atoms with Crippen LogP contribution in [0.4, 0.5) is 5.69 Å². The van der Waals surface area contributed by atoms with Crippen LogP contribution in [0.2, 0.25) is 5.02 Å². The molecule has 8 heteroatoms. The molecule has 1 aliphatic heterocycles. The summed E-state index contributed by atoms with van der Waals surface area (Å²) in [6.07, 6.45) is 1.44. The lowest BCUT2D eigenvalue weighted by atomic mass is 9.98. The van der Waals surface area contributed by atoms with E-state index in [9.17, 15) is 14.7 Å². The van der Waals surface area contributed by atoms with Gasteiger partial charge in [0.25, 0.3) is 11.7 Å². The average Bonchev–Trinajstić information content (AvgIpc) is 3.55. The van der Waals surface area contributed by atoms with Crippen LogP contribution in [-0.2, 0) is 16.2 Å². The molecule has 0 bridgehead atoms. The number of hydrogen-bond donors (Lipinski definition) is 1. The molecule has 1 amide bonds. The Morgan fingerprint density at radius 1 is 1.00 bits per heavy atom. The van der Waals surface area contributed by atoms with Crippen molar-refractivity contribution in [3.05, 3.63) is 118 Å². The number of furan rings is 1. The summed E-state index contributed by atoms with van der Waals surface area (Å²) in [5.74, 6) is -0.582. The molecule has 7 nitrogen and oxygen atoms in total. The van der Waals surface area contributed by atoms with E-state index in [1.165, 1.54) is 24.3 Å². The smallest absolute Gasteiger partial charge is 0.300 e. The van der Waals surface area contributed by atoms with Gasteiger partial charge in [0, 0.05) is 11.3 Å². The van der Waals surface area contributed by atoms with E-state index in [0.717, 1.165) is 11.1 Å². The van der Waals surface area contributed by atoms with Crippen molar-refractivity contribution in [3.63, 3.8) is 0 Å². The number of nitrogens with zero attached hydrogens (tertiary/aromatic N) is 1. The van der Waals surface area contributed by atoms with Crippen LogP contribution in [0.25, 0.3) is 5.76 Å². The predicted octanol–water partition coefficient (Wildman–Crippen LogP) is 6.46. The molecule has 38 heavy (non-hydrogen) atoms. The van der Waals surface area contributed by atoms with E-state index in [4.69, 9.17) is 25.5 Å². The minimum atomic E-state index is -0.997. The number of methoxy groups -OCH3 is 1. The highest BCUT2D eigenvalue weighted by Gasteiger charge is 2.48. The number of hydrogen-bond acceptors (Lipinski definition) is 6. The maximum atomic E-state index is 13.3. The molecule has 2 heterocycles. The number of ketones is 1. The van der Waals surface area contributed by atoms with Crippen molar-refractivity contribution in [1.82, 2.24) is 0 Å². The molecule has 1 atom stereocenters. The molecule has 0 radical (unpaired) electrons. The van der Waals surface area contributed by atoms with Crippen molar-refractivity contribution >= 4 is 34.7 Å². The van der Waals surface area contributed by atoms with Gasteiger partial charge in [0.2, 0.25) is 0 Å². The maximum Gasteiger partial charge on any atom is 0.300 e. The van der Waals surface area contributed by atoms with Gasteiger partial charge in [0.15, 0.2) is 0 Å². The van der Waals surface area contributed by atoms with Crippen molar-refractivity contribution in [3.8, 4) is 11.5 Å². The molecule has 1 unspecified atom stereocenters. The van der Waals surface area contributed by atoms with Crippen LogP contribution in [0.1, 0.15) is 28.5 Å². The highest BCUT2D eigenvalue weighted by atomic mass is 35.5. The van der Waals surface area contributed by atoms with Crippen LogP contribution in [0.5, 0.6) is 11.5 Å². The number of ether oxygens (including phenoxy) is 2. The van der Waals surface area contributed by atoms with Gasteiger partial charge in [-0.05, 0) is 66.6 Å². The van der Waals surface area contributed by atoms with E-state index in [1.54, 1.807) is 42.5 Å². The lowest BCUT2D eigenvalue weighted by Crippen LogP contribution is -2.29. The van der Waals surface area contributed by atoms with Crippen LogP contribution in [0.3, 0.4) is 0 Å². The van der Waals surface area contributed by atoms with Gasteiger partial charge < -0.3 is 19.0 Å². The summed E-state index contributed by atoms with van der Waals surface area (Å²) in [7, 11) is 1.48. The maximum absolute atomic E-state index is 13.3. The quantitative estimate of drug-likeness (QED) is 0.168. The van der Waals surface area contributed by atoms with Crippen molar-refractivity contribution in [2.24, 2.45) is 0 Å². The first kappa shape index (κ1) is 25.2. The Bertz CT molecular complexity index is 1530. The van der Waals surface area contributed by atoms with E-state index in [0.29, 0.717) is 35.1 Å². The normalized spacial score (nSPS) is 16.6. The topological polar surface area (TPSA) is 89.2 Å². The number of carbonyl (C=O) groups excluding carboxylic acids is 2. The first-order valence-corrected chi connectivity index (χ1v) is 12.2. The standard InChI is InChI=1S/C30H24ClNO6/c1-18-15-20(10-12-23(18)38-17-19-7-4-3-5-8-19)28(33)26-27(25-9-6-14-37-25)32(30(35)29(26)34)21-11-13-24(36-2)22(31)16-21/h3-16,27,33H,17H2,1-2H3/b28-26-. The monoisotopic (exact) mass is 529 g/mol. The summed E-state index contributed by atoms with van der Waals surface area (Å²) >= 11 is 6.31. The largest absolute Gasteiger partial charge is 0.507 e. The third-order valence-corrected chi connectivity index (χ3v) is 6.65. The van der Waals surface area contributed by atoms with Crippen LogP contribution in [0, 0.1) is 6.92 Å². The van der Waals surface area contributed by atoms with Crippen molar-refractivity contribution in [2.45, 2.75) is 19.6 Å². The number of aryl methyl sites for hydroxylation is 1. The van der Waals surface area contributed by atoms with Crippen LogP contribution in [-0.4, -0.2) is 23.9 Å². The van der Waals surface area contributed by atoms with Crippen molar-refractivity contribution < 1.29 is 28.6 Å². The van der Waals surface area contributed by atoms with Gasteiger partial charge in [-0.15, -0.1) is 0 Å². The van der Waals surface area contributed by atoms with Gasteiger partial charge >= 0.3 is 0 Å². The van der Waals surface area contributed by atoms with Gasteiger partial charge in [-0.2, -0.15) is 0 Å². The number of carbonyl (C=O) groups is 2. The van der Waals surface area contributed by atoms with E-state index >= 15 is 0 Å². The zero-order valence-corrected chi connectivity index (χ0v) is 21.4. The first-order chi connectivity index (χ1) is 18.4. The number of Topliss-reactive ketones (excluding diaryl/α,β-unsaturated/α-hetero) is 1. The molecule has 5 rings (SSSR count). The van der Waals surface area contributed by atoms with Gasteiger partial charge in [-0.25, -0.2) is 0 Å². The number of rotatable bonds is 7. The van der Waals surface area contributed by atoms with E-state index in [2.05, 4.69) is 0 Å². The number of benzene rings is 3. The molecule has 192 valence electrons. The molecule has 1 saturated heterocycles. The highest BCUT2D eigenvalue weighted by Crippen LogP contribution is 2.44. The minimum Gasteiger partial charge on any atom is -0.507 e. The number of halogens is 1. The summed E-state index contributed by atoms with van der Waals surface area (Å²) in [6, 6.07) is 21.9. The summed E-state index contributed by atoms with van der Waals surface area (Å²) in [5, 5.41) is 11.6. The minimum absolute atomic E-state index is 0.0887. The number of aliphatic hydroxyl groups excluding tert-OH is 1. The second-order valence-electron chi connectivity index (χ2n) is 8.76. The van der Waals surface area contributed by atoms with E-state index in [-0.39, 0.29) is 16.4 Å². The van der Waals surface area contributed by atoms with E-state index in [1.807, 2.05) is 37.3 Å². The molecular formula is C30H24ClNO6. The second-order valence-corrected chi connectivity index (χ2v) is 9.17. The summed E-state index contributed by atoms with van der Waals surface area (Å²) in [4.78, 5) is 27.8. The Hall–Kier alpha value is -4.49. The average molecular weight is 530 g/mol. The highest BCUT2D eigenvalue weighted by molar-refractivity contribution is 6.51. The molecule has 3 aromatic carbocycles. The van der Waals surface area contributed by atoms with Gasteiger partial charge in [0.1, 0.15) is 35.7 Å². The third-order valence-electron chi connectivity index (χ3n) is 6.36. The third kappa shape index (κ3) is 4.64. The first-order valence-electron chi connectivity index (χ1n) is 11.8. The summed E-state index contributed by atoms with van der Waals surface area (Å²) in [6.45, 7) is 2.24. The van der Waals surface area contributed by atoms with Gasteiger partial charge in [-0.3, -0.25) is 14.5 Å². The number of amides is 1. The Balaban J connectivity index is 1.53. The SMILES string of the molecule is COc1ccc(N2C(=O)C(=O)/C(=C(\O)c3ccc(OCc4ccccc4)c(C)c3)C2c2ccco2)cc1Cl. The molecule has 0 spiro atoms. The van der Waals surface area contributed by atoms with Crippen LogP contribution in [0.15, 0.2) is 95.1 Å². The van der Waals surface area contributed by atoms with E-state index < -0.39 is 17.7 Å². The van der Waals surface area contributed by atoms with Crippen LogP contribution >= 0.6 is 11.6 Å². The Labute approximate surface area is 224 Å². The molecule has 0 aliphatic carbocycles. The molecule has 1 aromatic heterocycles. The Kier molecular flexibility index (Phi) is 6.94.